The number of rotatable bonds is 7. The molecule has 1 amide bonds. The van der Waals surface area contributed by atoms with Crippen LogP contribution in [0.25, 0.3) is 10.9 Å². The second-order valence-electron chi connectivity index (χ2n) is 7.57. The fraction of sp³-hybridized carbons (Fsp3) is 0.500. The summed E-state index contributed by atoms with van der Waals surface area (Å²) >= 11 is 0. The van der Waals surface area contributed by atoms with E-state index in [1.807, 2.05) is 30.3 Å². The topological polar surface area (TPSA) is 57.3 Å². The predicted molar refractivity (Wildman–Crippen MR) is 101 cm³/mol. The van der Waals surface area contributed by atoms with Crippen molar-refractivity contribution in [2.45, 2.75) is 37.8 Å². The van der Waals surface area contributed by atoms with E-state index in [2.05, 4.69) is 29.6 Å². The second-order valence-corrected chi connectivity index (χ2v) is 7.57. The van der Waals surface area contributed by atoms with E-state index in [4.69, 9.17) is 4.98 Å². The Balaban J connectivity index is 1.58. The molecule has 1 unspecified atom stereocenters. The van der Waals surface area contributed by atoms with Crippen molar-refractivity contribution in [2.75, 3.05) is 26.0 Å². The minimum atomic E-state index is 0.00972. The molecule has 5 heteroatoms. The maximum Gasteiger partial charge on any atom is 0.252 e. The average Bonchev–Trinajstić information content (AvgIpc) is 3.49. The van der Waals surface area contributed by atoms with E-state index in [1.54, 1.807) is 0 Å². The number of aromatic nitrogens is 1. The molecule has 1 aromatic heterocycles. The lowest BCUT2D eigenvalue weighted by Crippen LogP contribution is -2.36. The van der Waals surface area contributed by atoms with E-state index in [1.165, 1.54) is 12.8 Å². The zero-order valence-electron chi connectivity index (χ0n) is 15.0. The van der Waals surface area contributed by atoms with Crippen LogP contribution in [0, 0.1) is 5.92 Å². The highest BCUT2D eigenvalue weighted by atomic mass is 16.1. The normalized spacial score (nSPS) is 18.4. The summed E-state index contributed by atoms with van der Waals surface area (Å²) in [7, 11) is 4.26. The first kappa shape index (κ1) is 16.3. The molecule has 2 fully saturated rings. The monoisotopic (exact) mass is 338 g/mol. The van der Waals surface area contributed by atoms with Gasteiger partial charge < -0.3 is 15.5 Å². The number of benzene rings is 1. The van der Waals surface area contributed by atoms with Crippen molar-refractivity contribution in [1.82, 2.24) is 15.2 Å². The Hall–Kier alpha value is -2.14. The molecule has 2 aromatic rings. The number of carbonyl (C=O) groups is 1. The molecule has 0 radical (unpaired) electrons. The average molecular weight is 338 g/mol. The van der Waals surface area contributed by atoms with E-state index < -0.39 is 0 Å². The van der Waals surface area contributed by atoms with Crippen molar-refractivity contribution in [3.8, 4) is 0 Å². The Morgan fingerprint density at radius 1 is 1.24 bits per heavy atom. The largest absolute Gasteiger partial charge is 0.368 e. The Labute approximate surface area is 148 Å². The highest BCUT2D eigenvalue weighted by Gasteiger charge is 2.32. The van der Waals surface area contributed by atoms with Gasteiger partial charge in [0.15, 0.2) is 0 Å². The van der Waals surface area contributed by atoms with Crippen LogP contribution >= 0.6 is 0 Å². The molecule has 1 atom stereocenters. The number of nitrogens with zero attached hydrogens (tertiary/aromatic N) is 2. The van der Waals surface area contributed by atoms with Gasteiger partial charge in [0.1, 0.15) is 5.82 Å². The van der Waals surface area contributed by atoms with Crippen molar-refractivity contribution in [1.29, 1.82) is 0 Å². The number of fused-ring (bicyclic) bond motifs is 1. The molecule has 1 aromatic carbocycles. The number of hydrogen-bond acceptors (Lipinski definition) is 4. The summed E-state index contributed by atoms with van der Waals surface area (Å²) in [5.74, 6) is 1.57. The van der Waals surface area contributed by atoms with Gasteiger partial charge in [-0.3, -0.25) is 4.79 Å². The summed E-state index contributed by atoms with van der Waals surface area (Å²) in [6.07, 6.45) is 4.80. The van der Waals surface area contributed by atoms with Gasteiger partial charge in [-0.1, -0.05) is 18.2 Å². The lowest BCUT2D eigenvalue weighted by atomic mass is 10.1. The number of anilines is 1. The zero-order chi connectivity index (χ0) is 17.4. The summed E-state index contributed by atoms with van der Waals surface area (Å²) in [5, 5.41) is 7.48. The van der Waals surface area contributed by atoms with Crippen LogP contribution in [0.3, 0.4) is 0 Å². The van der Waals surface area contributed by atoms with E-state index in [9.17, 15) is 4.79 Å². The Kier molecular flexibility index (Phi) is 4.34. The molecule has 1 heterocycles. The molecular formula is C20H26N4O. The van der Waals surface area contributed by atoms with Crippen LogP contribution in [-0.4, -0.2) is 48.5 Å². The van der Waals surface area contributed by atoms with E-state index >= 15 is 0 Å². The molecule has 132 valence electrons. The fourth-order valence-electron chi connectivity index (χ4n) is 3.41. The molecule has 4 rings (SSSR count). The molecular weight excluding hydrogens is 312 g/mol. The van der Waals surface area contributed by atoms with Crippen LogP contribution in [0.2, 0.25) is 0 Å². The van der Waals surface area contributed by atoms with Gasteiger partial charge in [0.05, 0.1) is 11.1 Å². The number of pyridine rings is 1. The molecule has 2 aliphatic rings. The second kappa shape index (κ2) is 6.64. The summed E-state index contributed by atoms with van der Waals surface area (Å²) < 4.78 is 0. The third-order valence-electron chi connectivity index (χ3n) is 5.20. The van der Waals surface area contributed by atoms with Crippen molar-refractivity contribution in [2.24, 2.45) is 5.92 Å². The minimum absolute atomic E-state index is 0.00972. The molecule has 0 saturated heterocycles. The van der Waals surface area contributed by atoms with Gasteiger partial charge in [-0.05, 0) is 57.8 Å². The number of hydrogen-bond donors (Lipinski definition) is 2. The van der Waals surface area contributed by atoms with E-state index in [-0.39, 0.29) is 5.91 Å². The molecule has 2 saturated carbocycles. The van der Waals surface area contributed by atoms with Crippen LogP contribution in [0.1, 0.15) is 36.0 Å². The van der Waals surface area contributed by atoms with Crippen molar-refractivity contribution in [3.05, 3.63) is 35.9 Å². The molecule has 5 nitrogen and oxygen atoms in total. The summed E-state index contributed by atoms with van der Waals surface area (Å²) in [6, 6.07) is 10.6. The van der Waals surface area contributed by atoms with E-state index in [0.29, 0.717) is 17.6 Å². The van der Waals surface area contributed by atoms with Gasteiger partial charge in [-0.15, -0.1) is 0 Å². The van der Waals surface area contributed by atoms with E-state index in [0.717, 1.165) is 42.0 Å². The van der Waals surface area contributed by atoms with Crippen LogP contribution in [-0.2, 0) is 0 Å². The minimum Gasteiger partial charge on any atom is -0.368 e. The Morgan fingerprint density at radius 2 is 2.00 bits per heavy atom. The number of carbonyl (C=O) groups excluding carboxylic acids is 1. The zero-order valence-corrected chi connectivity index (χ0v) is 15.0. The predicted octanol–water partition coefficient (Wildman–Crippen LogP) is 2.88. The Bertz CT molecular complexity index is 778. The lowest BCUT2D eigenvalue weighted by molar-refractivity contribution is 0.0952. The SMILES string of the molecule is CN(C)C(CNc1cc(C(=O)NC2CC2)c2ccccc2n1)C1CC1. The quantitative estimate of drug-likeness (QED) is 0.815. The standard InChI is InChI=1S/C20H26N4O/c1-24(2)18(13-7-8-13)12-21-19-11-16(20(25)22-14-9-10-14)15-5-3-4-6-17(15)23-19/h3-6,11,13-14,18H,7-10,12H2,1-2H3,(H,21,23)(H,22,25). The first-order chi connectivity index (χ1) is 12.1. The van der Waals surface area contributed by atoms with Crippen LogP contribution < -0.4 is 10.6 Å². The van der Waals surface area contributed by atoms with Crippen molar-refractivity contribution >= 4 is 22.6 Å². The molecule has 0 spiro atoms. The number of amides is 1. The van der Waals surface area contributed by atoms with Gasteiger partial charge in [0, 0.05) is 24.0 Å². The highest BCUT2D eigenvalue weighted by molar-refractivity contribution is 6.07. The third kappa shape index (κ3) is 3.76. The van der Waals surface area contributed by atoms with Gasteiger partial charge in [-0.25, -0.2) is 4.98 Å². The van der Waals surface area contributed by atoms with Crippen molar-refractivity contribution < 1.29 is 4.79 Å². The van der Waals surface area contributed by atoms with Gasteiger partial charge in [0.25, 0.3) is 5.91 Å². The lowest BCUT2D eigenvalue weighted by Gasteiger charge is -2.24. The number of nitrogens with one attached hydrogen (secondary N) is 2. The Morgan fingerprint density at radius 3 is 2.68 bits per heavy atom. The first-order valence-electron chi connectivity index (χ1n) is 9.23. The molecule has 2 N–H and O–H groups in total. The molecule has 2 aliphatic carbocycles. The molecule has 0 bridgehead atoms. The third-order valence-corrected chi connectivity index (χ3v) is 5.20. The van der Waals surface area contributed by atoms with Gasteiger partial charge in [0.2, 0.25) is 0 Å². The smallest absolute Gasteiger partial charge is 0.252 e. The first-order valence-corrected chi connectivity index (χ1v) is 9.23. The number of likely N-dealkylation sites (N-methyl/N-ethyl adjacent to an activating group) is 1. The maximum atomic E-state index is 12.7. The number of para-hydroxylation sites is 1. The molecule has 25 heavy (non-hydrogen) atoms. The highest BCUT2D eigenvalue weighted by Crippen LogP contribution is 2.34. The van der Waals surface area contributed by atoms with Crippen LogP contribution in [0.5, 0.6) is 0 Å². The summed E-state index contributed by atoms with van der Waals surface area (Å²) in [5.41, 5.74) is 1.58. The maximum absolute atomic E-state index is 12.7. The summed E-state index contributed by atoms with van der Waals surface area (Å²) in [4.78, 5) is 19.6. The van der Waals surface area contributed by atoms with Gasteiger partial charge in [-0.2, -0.15) is 0 Å². The van der Waals surface area contributed by atoms with Gasteiger partial charge >= 0.3 is 0 Å². The van der Waals surface area contributed by atoms with Crippen molar-refractivity contribution in [3.63, 3.8) is 0 Å². The fourth-order valence-corrected chi connectivity index (χ4v) is 3.41. The van der Waals surface area contributed by atoms with Crippen LogP contribution in [0.15, 0.2) is 30.3 Å². The summed E-state index contributed by atoms with van der Waals surface area (Å²) in [6.45, 7) is 0.854. The molecule has 0 aliphatic heterocycles. The van der Waals surface area contributed by atoms with Crippen LogP contribution in [0.4, 0.5) is 5.82 Å².